The molecule has 1 aliphatic rings. The van der Waals surface area contributed by atoms with Gasteiger partial charge in [-0.15, -0.1) is 0 Å². The first-order valence-corrected chi connectivity index (χ1v) is 11.0. The molecule has 1 fully saturated rings. The van der Waals surface area contributed by atoms with Crippen LogP contribution in [0.1, 0.15) is 16.7 Å². The number of hydrogen-bond donors (Lipinski definition) is 0. The number of rotatable bonds is 6. The van der Waals surface area contributed by atoms with Crippen LogP contribution in [0.4, 0.5) is 0 Å². The van der Waals surface area contributed by atoms with Gasteiger partial charge in [-0.3, -0.25) is 9.69 Å². The first-order chi connectivity index (χ1) is 14.6. The second kappa shape index (κ2) is 9.47. The Bertz CT molecular complexity index is 1100. The van der Waals surface area contributed by atoms with Crippen LogP contribution in [-0.2, 0) is 17.9 Å². The van der Waals surface area contributed by atoms with Crippen LogP contribution >= 0.6 is 35.6 Å². The van der Waals surface area contributed by atoms with Crippen LogP contribution in [0.3, 0.4) is 0 Å². The molecule has 6 heteroatoms. The van der Waals surface area contributed by atoms with Crippen molar-refractivity contribution in [2.45, 2.75) is 13.2 Å². The van der Waals surface area contributed by atoms with Gasteiger partial charge in [0, 0.05) is 10.6 Å². The summed E-state index contributed by atoms with van der Waals surface area (Å²) in [6.07, 6.45) is 1.86. The summed E-state index contributed by atoms with van der Waals surface area (Å²) < 4.78 is 6.39. The van der Waals surface area contributed by atoms with Crippen molar-refractivity contribution >= 4 is 51.9 Å². The van der Waals surface area contributed by atoms with Crippen molar-refractivity contribution in [2.75, 3.05) is 0 Å². The summed E-state index contributed by atoms with van der Waals surface area (Å²) in [5.74, 6) is 0.677. The van der Waals surface area contributed by atoms with E-state index in [2.05, 4.69) is 0 Å². The minimum Gasteiger partial charge on any atom is -0.489 e. The molecule has 4 rings (SSSR count). The second-order valence-corrected chi connectivity index (χ2v) is 8.79. The summed E-state index contributed by atoms with van der Waals surface area (Å²) in [6.45, 7) is 0.884. The van der Waals surface area contributed by atoms with Crippen molar-refractivity contribution in [3.8, 4) is 5.75 Å². The molecule has 0 atom stereocenters. The summed E-state index contributed by atoms with van der Waals surface area (Å²) >= 11 is 12.9. The fraction of sp³-hybridized carbons (Fsp3) is 0.0833. The van der Waals surface area contributed by atoms with E-state index >= 15 is 0 Å². The average Bonchev–Trinajstić information content (AvgIpc) is 3.02. The highest BCUT2D eigenvalue weighted by molar-refractivity contribution is 8.26. The Hall–Kier alpha value is -2.60. The molecular formula is C24H18ClNO2S2. The van der Waals surface area contributed by atoms with Crippen molar-refractivity contribution in [1.29, 1.82) is 0 Å². The minimum atomic E-state index is -0.0621. The predicted molar refractivity (Wildman–Crippen MR) is 127 cm³/mol. The SMILES string of the molecule is O=C1C(=Cc2ccc(OCc3ccccc3Cl)cc2)SC(=S)N1Cc1ccccc1. The van der Waals surface area contributed by atoms with Gasteiger partial charge in [0.25, 0.3) is 5.91 Å². The zero-order chi connectivity index (χ0) is 20.9. The van der Waals surface area contributed by atoms with Crippen LogP contribution in [0.15, 0.2) is 83.8 Å². The van der Waals surface area contributed by atoms with Gasteiger partial charge in [0.2, 0.25) is 0 Å². The van der Waals surface area contributed by atoms with E-state index in [9.17, 15) is 4.79 Å². The largest absolute Gasteiger partial charge is 0.489 e. The van der Waals surface area contributed by atoms with Crippen LogP contribution in [0.2, 0.25) is 5.02 Å². The number of amides is 1. The summed E-state index contributed by atoms with van der Waals surface area (Å²) in [7, 11) is 0. The topological polar surface area (TPSA) is 29.5 Å². The molecule has 0 aromatic heterocycles. The van der Waals surface area contributed by atoms with E-state index in [4.69, 9.17) is 28.6 Å². The monoisotopic (exact) mass is 451 g/mol. The van der Waals surface area contributed by atoms with E-state index in [0.29, 0.717) is 27.4 Å². The van der Waals surface area contributed by atoms with E-state index in [1.54, 1.807) is 4.90 Å². The third-order valence-corrected chi connectivity index (χ3v) is 6.33. The Kier molecular flexibility index (Phi) is 6.53. The zero-order valence-electron chi connectivity index (χ0n) is 16.0. The summed E-state index contributed by atoms with van der Waals surface area (Å²) in [5, 5.41) is 0.687. The lowest BCUT2D eigenvalue weighted by molar-refractivity contribution is -0.122. The summed E-state index contributed by atoms with van der Waals surface area (Å²) in [6, 6.07) is 25.1. The first kappa shape index (κ1) is 20.7. The number of hydrogen-bond acceptors (Lipinski definition) is 4. The Morgan fingerprint density at radius 3 is 2.40 bits per heavy atom. The van der Waals surface area contributed by atoms with E-state index in [1.807, 2.05) is 84.9 Å². The van der Waals surface area contributed by atoms with Crippen LogP contribution in [0, 0.1) is 0 Å². The number of ether oxygens (including phenoxy) is 1. The lowest BCUT2D eigenvalue weighted by Crippen LogP contribution is -2.27. The molecule has 0 aliphatic carbocycles. The van der Waals surface area contributed by atoms with Crippen molar-refractivity contribution in [3.05, 3.63) is 105 Å². The Labute approximate surface area is 190 Å². The van der Waals surface area contributed by atoms with Crippen molar-refractivity contribution in [1.82, 2.24) is 4.90 Å². The van der Waals surface area contributed by atoms with Crippen molar-refractivity contribution in [3.63, 3.8) is 0 Å². The highest BCUT2D eigenvalue weighted by Gasteiger charge is 2.31. The fourth-order valence-electron chi connectivity index (χ4n) is 2.99. The molecule has 3 aromatic carbocycles. The molecule has 1 saturated heterocycles. The molecular weight excluding hydrogens is 434 g/mol. The van der Waals surface area contributed by atoms with Gasteiger partial charge >= 0.3 is 0 Å². The highest BCUT2D eigenvalue weighted by atomic mass is 35.5. The molecule has 150 valence electrons. The van der Waals surface area contributed by atoms with Crippen LogP contribution in [0.5, 0.6) is 5.75 Å². The molecule has 0 saturated carbocycles. The Morgan fingerprint density at radius 1 is 0.967 bits per heavy atom. The second-order valence-electron chi connectivity index (χ2n) is 6.70. The molecule has 30 heavy (non-hydrogen) atoms. The van der Waals surface area contributed by atoms with E-state index in [-0.39, 0.29) is 5.91 Å². The average molecular weight is 452 g/mol. The summed E-state index contributed by atoms with van der Waals surface area (Å²) in [5.41, 5.74) is 2.90. The lowest BCUT2D eigenvalue weighted by atomic mass is 10.2. The number of carbonyl (C=O) groups excluding carboxylic acids is 1. The summed E-state index contributed by atoms with van der Waals surface area (Å²) in [4.78, 5) is 15.1. The zero-order valence-corrected chi connectivity index (χ0v) is 18.3. The first-order valence-electron chi connectivity index (χ1n) is 9.36. The lowest BCUT2D eigenvalue weighted by Gasteiger charge is -2.14. The number of halogens is 1. The molecule has 1 heterocycles. The van der Waals surface area contributed by atoms with Crippen LogP contribution in [0.25, 0.3) is 6.08 Å². The fourth-order valence-corrected chi connectivity index (χ4v) is 4.44. The van der Waals surface area contributed by atoms with Gasteiger partial charge in [-0.05, 0) is 35.4 Å². The maximum Gasteiger partial charge on any atom is 0.266 e. The molecule has 0 spiro atoms. The Morgan fingerprint density at radius 2 is 1.67 bits per heavy atom. The predicted octanol–water partition coefficient (Wildman–Crippen LogP) is 6.32. The number of thiocarbonyl (C=S) groups is 1. The smallest absolute Gasteiger partial charge is 0.266 e. The van der Waals surface area contributed by atoms with E-state index < -0.39 is 0 Å². The van der Waals surface area contributed by atoms with E-state index in [0.717, 1.165) is 22.4 Å². The van der Waals surface area contributed by atoms with Gasteiger partial charge in [0.1, 0.15) is 16.7 Å². The highest BCUT2D eigenvalue weighted by Crippen LogP contribution is 2.33. The maximum atomic E-state index is 12.8. The molecule has 3 nitrogen and oxygen atoms in total. The molecule has 1 aliphatic heterocycles. The van der Waals surface area contributed by atoms with Gasteiger partial charge in [0.15, 0.2) is 0 Å². The molecule has 0 N–H and O–H groups in total. The quantitative estimate of drug-likeness (QED) is 0.324. The van der Waals surface area contributed by atoms with Crippen LogP contribution in [-0.4, -0.2) is 15.1 Å². The van der Waals surface area contributed by atoms with Gasteiger partial charge in [-0.25, -0.2) is 0 Å². The molecule has 0 radical (unpaired) electrons. The third kappa shape index (κ3) is 4.93. The molecule has 1 amide bonds. The minimum absolute atomic E-state index is 0.0621. The van der Waals surface area contributed by atoms with Crippen molar-refractivity contribution < 1.29 is 9.53 Å². The van der Waals surface area contributed by atoms with E-state index in [1.165, 1.54) is 11.8 Å². The third-order valence-electron chi connectivity index (χ3n) is 4.59. The van der Waals surface area contributed by atoms with Gasteiger partial charge in [-0.2, -0.15) is 0 Å². The van der Waals surface area contributed by atoms with Gasteiger partial charge < -0.3 is 4.74 Å². The normalized spacial score (nSPS) is 15.1. The van der Waals surface area contributed by atoms with Crippen molar-refractivity contribution in [2.24, 2.45) is 0 Å². The number of benzene rings is 3. The molecule has 0 unspecified atom stereocenters. The molecule has 3 aromatic rings. The molecule has 0 bridgehead atoms. The van der Waals surface area contributed by atoms with Gasteiger partial charge in [0.05, 0.1) is 11.4 Å². The Balaban J connectivity index is 1.41. The number of nitrogens with zero attached hydrogens (tertiary/aromatic N) is 1. The van der Waals surface area contributed by atoms with Crippen LogP contribution < -0.4 is 4.74 Å². The maximum absolute atomic E-state index is 12.8. The number of thioether (sulfide) groups is 1. The number of carbonyl (C=O) groups is 1. The standard InChI is InChI=1S/C24H18ClNO2S2/c25-21-9-5-4-8-19(21)16-28-20-12-10-17(11-13-20)14-22-23(27)26(24(29)30-22)15-18-6-2-1-3-7-18/h1-14H,15-16H2. The van der Waals surface area contributed by atoms with Gasteiger partial charge in [-0.1, -0.05) is 96.2 Å².